The second-order valence-electron chi connectivity index (χ2n) is 7.37. The highest BCUT2D eigenvalue weighted by Crippen LogP contribution is 2.30. The number of carbonyl (C=O) groups excluding carboxylic acids is 1. The molecule has 1 amide bonds. The van der Waals surface area contributed by atoms with Crippen molar-refractivity contribution in [2.24, 2.45) is 0 Å². The number of thiazole rings is 1. The van der Waals surface area contributed by atoms with Gasteiger partial charge in [-0.05, 0) is 55.7 Å². The number of aromatic nitrogens is 4. The third-order valence-electron chi connectivity index (χ3n) is 5.33. The quantitative estimate of drug-likeness (QED) is 0.491. The van der Waals surface area contributed by atoms with Crippen LogP contribution in [0.4, 0.5) is 13.9 Å². The van der Waals surface area contributed by atoms with E-state index in [2.05, 4.69) is 25.8 Å². The van der Waals surface area contributed by atoms with E-state index in [0.29, 0.717) is 10.8 Å². The van der Waals surface area contributed by atoms with E-state index in [1.54, 1.807) is 6.07 Å². The lowest BCUT2D eigenvalue weighted by Crippen LogP contribution is -2.43. The molecule has 158 valence electrons. The Balaban J connectivity index is 1.34. The van der Waals surface area contributed by atoms with Crippen molar-refractivity contribution in [3.8, 4) is 5.69 Å². The van der Waals surface area contributed by atoms with Gasteiger partial charge in [-0.15, -0.1) is 0 Å². The maximum absolute atomic E-state index is 13.9. The minimum absolute atomic E-state index is 0.0332. The molecule has 2 atom stereocenters. The highest BCUT2D eigenvalue weighted by atomic mass is 32.1. The van der Waals surface area contributed by atoms with E-state index in [0.717, 1.165) is 29.5 Å². The SMILES string of the molecule is O=C(N[C@H]1CCC[C@H]1Nc1nc2ccc(F)cc2s1)c1cc(F)ccc1-n1nccn1. The Morgan fingerprint density at radius 3 is 2.61 bits per heavy atom. The van der Waals surface area contributed by atoms with Crippen molar-refractivity contribution in [1.82, 2.24) is 25.3 Å². The summed E-state index contributed by atoms with van der Waals surface area (Å²) in [6.45, 7) is 0. The van der Waals surface area contributed by atoms with Gasteiger partial charge in [-0.25, -0.2) is 13.8 Å². The molecule has 1 aliphatic carbocycles. The first-order chi connectivity index (χ1) is 15.1. The van der Waals surface area contributed by atoms with Crippen LogP contribution in [0.3, 0.4) is 0 Å². The molecule has 1 saturated carbocycles. The molecule has 2 aromatic heterocycles. The van der Waals surface area contributed by atoms with Crippen molar-refractivity contribution in [3.05, 3.63) is 66.0 Å². The fourth-order valence-corrected chi connectivity index (χ4v) is 4.83. The number of fused-ring (bicyclic) bond motifs is 1. The van der Waals surface area contributed by atoms with Crippen LogP contribution in [0.1, 0.15) is 29.6 Å². The maximum atomic E-state index is 13.9. The van der Waals surface area contributed by atoms with Gasteiger partial charge >= 0.3 is 0 Å². The van der Waals surface area contributed by atoms with E-state index in [1.807, 2.05) is 0 Å². The number of carbonyl (C=O) groups is 1. The first-order valence-corrected chi connectivity index (χ1v) is 10.7. The molecule has 0 saturated heterocycles. The van der Waals surface area contributed by atoms with Gasteiger partial charge in [0.1, 0.15) is 11.6 Å². The Morgan fingerprint density at radius 1 is 1.03 bits per heavy atom. The van der Waals surface area contributed by atoms with Gasteiger partial charge in [-0.1, -0.05) is 11.3 Å². The van der Waals surface area contributed by atoms with Crippen LogP contribution in [0.15, 0.2) is 48.8 Å². The molecule has 10 heteroatoms. The molecule has 0 bridgehead atoms. The van der Waals surface area contributed by atoms with Crippen LogP contribution in [0.5, 0.6) is 0 Å². The predicted molar refractivity (Wildman–Crippen MR) is 113 cm³/mol. The molecule has 1 fully saturated rings. The van der Waals surface area contributed by atoms with Gasteiger partial charge < -0.3 is 10.6 Å². The minimum Gasteiger partial charge on any atom is -0.357 e. The first kappa shape index (κ1) is 19.6. The molecule has 7 nitrogen and oxygen atoms in total. The average molecular weight is 440 g/mol. The molecule has 2 N–H and O–H groups in total. The molecule has 1 aliphatic rings. The maximum Gasteiger partial charge on any atom is 0.253 e. The smallest absolute Gasteiger partial charge is 0.253 e. The Kier molecular flexibility index (Phi) is 5.06. The monoisotopic (exact) mass is 440 g/mol. The Hall–Kier alpha value is -3.40. The number of anilines is 1. The van der Waals surface area contributed by atoms with E-state index < -0.39 is 11.7 Å². The number of hydrogen-bond donors (Lipinski definition) is 2. The van der Waals surface area contributed by atoms with Crippen molar-refractivity contribution in [2.45, 2.75) is 31.3 Å². The van der Waals surface area contributed by atoms with Crippen molar-refractivity contribution in [2.75, 3.05) is 5.32 Å². The van der Waals surface area contributed by atoms with Crippen LogP contribution in [0, 0.1) is 11.6 Å². The van der Waals surface area contributed by atoms with E-state index in [9.17, 15) is 13.6 Å². The zero-order chi connectivity index (χ0) is 21.4. The zero-order valence-electron chi connectivity index (χ0n) is 16.3. The Labute approximate surface area is 180 Å². The molecular formula is C21H18F2N6OS. The molecule has 2 aromatic carbocycles. The van der Waals surface area contributed by atoms with E-state index >= 15 is 0 Å². The fourth-order valence-electron chi connectivity index (χ4n) is 3.88. The standard InChI is InChI=1S/C21H18F2N6OS/c22-12-5-7-18(29-24-8-9-25-29)14(10-12)20(30)26-15-2-1-3-16(15)27-21-28-17-6-4-13(23)11-19(17)31-21/h4-11,15-16H,1-3H2,(H,26,30)(H,27,28)/t15-,16+/m0/s1. The highest BCUT2D eigenvalue weighted by Gasteiger charge is 2.30. The molecule has 5 rings (SSSR count). The second-order valence-corrected chi connectivity index (χ2v) is 8.40. The van der Waals surface area contributed by atoms with E-state index in [1.165, 1.54) is 58.9 Å². The molecule has 0 aliphatic heterocycles. The number of rotatable bonds is 5. The van der Waals surface area contributed by atoms with E-state index in [4.69, 9.17) is 0 Å². The van der Waals surface area contributed by atoms with Crippen LogP contribution in [0.2, 0.25) is 0 Å². The van der Waals surface area contributed by atoms with Gasteiger partial charge in [0, 0.05) is 12.1 Å². The lowest BCUT2D eigenvalue weighted by molar-refractivity contribution is 0.0935. The largest absolute Gasteiger partial charge is 0.357 e. The van der Waals surface area contributed by atoms with Gasteiger partial charge in [0.2, 0.25) is 0 Å². The summed E-state index contributed by atoms with van der Waals surface area (Å²) >= 11 is 1.37. The number of nitrogens with one attached hydrogen (secondary N) is 2. The lowest BCUT2D eigenvalue weighted by atomic mass is 10.1. The normalized spacial score (nSPS) is 18.4. The number of hydrogen-bond acceptors (Lipinski definition) is 6. The van der Waals surface area contributed by atoms with Crippen molar-refractivity contribution >= 4 is 32.6 Å². The lowest BCUT2D eigenvalue weighted by Gasteiger charge is -2.22. The number of nitrogens with zero attached hydrogens (tertiary/aromatic N) is 4. The summed E-state index contributed by atoms with van der Waals surface area (Å²) < 4.78 is 28.1. The second kappa shape index (κ2) is 8.03. The predicted octanol–water partition coefficient (Wildman–Crippen LogP) is 3.92. The summed E-state index contributed by atoms with van der Waals surface area (Å²) in [5, 5.41) is 15.2. The third-order valence-corrected chi connectivity index (χ3v) is 6.28. The topological polar surface area (TPSA) is 84.7 Å². The Bertz CT molecular complexity index is 1240. The van der Waals surface area contributed by atoms with Gasteiger partial charge in [0.15, 0.2) is 5.13 Å². The molecular weight excluding hydrogens is 422 g/mol. The van der Waals surface area contributed by atoms with Gasteiger partial charge in [0.25, 0.3) is 5.91 Å². The average Bonchev–Trinajstić information content (AvgIpc) is 3.49. The van der Waals surface area contributed by atoms with Gasteiger partial charge in [0.05, 0.1) is 33.9 Å². The summed E-state index contributed by atoms with van der Waals surface area (Å²) in [7, 11) is 0. The molecule has 31 heavy (non-hydrogen) atoms. The van der Waals surface area contributed by atoms with Gasteiger partial charge in [-0.3, -0.25) is 4.79 Å². The van der Waals surface area contributed by atoms with Crippen LogP contribution >= 0.6 is 11.3 Å². The summed E-state index contributed by atoms with van der Waals surface area (Å²) in [6.07, 6.45) is 5.55. The molecule has 0 spiro atoms. The molecule has 0 radical (unpaired) electrons. The van der Waals surface area contributed by atoms with Crippen LogP contribution in [-0.4, -0.2) is 38.0 Å². The molecule has 0 unspecified atom stereocenters. The minimum atomic E-state index is -0.510. The van der Waals surface area contributed by atoms with Gasteiger partial charge in [-0.2, -0.15) is 15.0 Å². The fraction of sp³-hybridized carbons (Fsp3) is 0.238. The third kappa shape index (κ3) is 3.98. The van der Waals surface area contributed by atoms with Crippen molar-refractivity contribution in [1.29, 1.82) is 0 Å². The highest BCUT2D eigenvalue weighted by molar-refractivity contribution is 7.22. The summed E-state index contributed by atoms with van der Waals surface area (Å²) in [6, 6.07) is 8.24. The van der Waals surface area contributed by atoms with Crippen LogP contribution < -0.4 is 10.6 Å². The number of halogens is 2. The Morgan fingerprint density at radius 2 is 1.77 bits per heavy atom. The number of benzene rings is 2. The summed E-state index contributed by atoms with van der Waals surface area (Å²) in [5.41, 5.74) is 1.29. The summed E-state index contributed by atoms with van der Waals surface area (Å²) in [5.74, 6) is -1.20. The van der Waals surface area contributed by atoms with E-state index in [-0.39, 0.29) is 23.5 Å². The van der Waals surface area contributed by atoms with Crippen LogP contribution in [0.25, 0.3) is 15.9 Å². The number of amides is 1. The summed E-state index contributed by atoms with van der Waals surface area (Å²) in [4.78, 5) is 18.8. The molecule has 2 heterocycles. The van der Waals surface area contributed by atoms with Crippen LogP contribution in [-0.2, 0) is 0 Å². The first-order valence-electron chi connectivity index (χ1n) is 9.86. The van der Waals surface area contributed by atoms with Crippen molar-refractivity contribution < 1.29 is 13.6 Å². The van der Waals surface area contributed by atoms with Crippen molar-refractivity contribution in [3.63, 3.8) is 0 Å². The zero-order valence-corrected chi connectivity index (χ0v) is 17.1. The molecule has 4 aromatic rings.